The van der Waals surface area contributed by atoms with Crippen LogP contribution in [0.1, 0.15) is 38.5 Å². The van der Waals surface area contributed by atoms with E-state index < -0.39 is 0 Å². The van der Waals surface area contributed by atoms with E-state index in [2.05, 4.69) is 17.9 Å². The average molecular weight is 211 g/mol. The minimum absolute atomic E-state index is 0.553. The van der Waals surface area contributed by atoms with Crippen molar-refractivity contribution in [3.05, 3.63) is 0 Å². The summed E-state index contributed by atoms with van der Waals surface area (Å²) in [6.45, 7) is 1.11. The van der Waals surface area contributed by atoms with E-state index in [9.17, 15) is 0 Å². The first-order valence-corrected chi connectivity index (χ1v) is 6.79. The fraction of sp³-hybridized carbons (Fsp3) is 1.00. The highest BCUT2D eigenvalue weighted by atomic mass is 32.1. The lowest BCUT2D eigenvalue weighted by Crippen LogP contribution is -2.58. The second-order valence-corrected chi connectivity index (χ2v) is 6.30. The van der Waals surface area contributed by atoms with E-state index in [1.54, 1.807) is 19.3 Å². The molecule has 4 rings (SSSR count). The van der Waals surface area contributed by atoms with Crippen molar-refractivity contribution in [3.8, 4) is 0 Å². The maximum atomic E-state index is 4.31. The fourth-order valence-corrected chi connectivity index (χ4v) is 4.76. The van der Waals surface area contributed by atoms with Crippen LogP contribution >= 0.6 is 12.6 Å². The molecule has 0 aliphatic heterocycles. The zero-order chi connectivity index (χ0) is 9.60. The van der Waals surface area contributed by atoms with Gasteiger partial charge in [-0.2, -0.15) is 12.6 Å². The van der Waals surface area contributed by atoms with Crippen LogP contribution in [0.25, 0.3) is 0 Å². The summed E-state index contributed by atoms with van der Waals surface area (Å²) in [5.74, 6) is 4.18. The first kappa shape index (κ1) is 9.53. The third-order valence-electron chi connectivity index (χ3n) is 4.65. The summed E-state index contributed by atoms with van der Waals surface area (Å²) in [4.78, 5) is 0. The predicted molar refractivity (Wildman–Crippen MR) is 62.8 cm³/mol. The van der Waals surface area contributed by atoms with Crippen LogP contribution in [0.4, 0.5) is 0 Å². The van der Waals surface area contributed by atoms with Crippen molar-refractivity contribution in [3.63, 3.8) is 0 Å². The van der Waals surface area contributed by atoms with Gasteiger partial charge in [0, 0.05) is 17.8 Å². The summed E-state index contributed by atoms with van der Waals surface area (Å²) in [5, 5.41) is 3.80. The molecule has 0 aromatic carbocycles. The summed E-state index contributed by atoms with van der Waals surface area (Å²) >= 11 is 4.31. The number of hydrogen-bond donors (Lipinski definition) is 2. The molecule has 4 aliphatic carbocycles. The van der Waals surface area contributed by atoms with Crippen molar-refractivity contribution in [2.24, 2.45) is 17.8 Å². The first-order valence-electron chi connectivity index (χ1n) is 6.15. The molecule has 0 spiro atoms. The monoisotopic (exact) mass is 211 g/mol. The Bertz CT molecular complexity index is 191. The lowest BCUT2D eigenvalue weighted by molar-refractivity contribution is -0.0185. The number of thiol groups is 1. The second kappa shape index (κ2) is 3.41. The van der Waals surface area contributed by atoms with Gasteiger partial charge in [0.2, 0.25) is 0 Å². The average Bonchev–Trinajstić information content (AvgIpc) is 2.12. The first-order chi connectivity index (χ1) is 6.80. The summed E-state index contributed by atoms with van der Waals surface area (Å²) in [5.41, 5.74) is 0.553. The maximum absolute atomic E-state index is 4.31. The second-order valence-electron chi connectivity index (χ2n) is 5.85. The van der Waals surface area contributed by atoms with Crippen molar-refractivity contribution >= 4 is 12.6 Å². The van der Waals surface area contributed by atoms with Crippen molar-refractivity contribution in [1.29, 1.82) is 0 Å². The predicted octanol–water partition coefficient (Wildman–Crippen LogP) is 2.47. The molecule has 0 atom stereocenters. The van der Waals surface area contributed by atoms with Crippen LogP contribution in [0.3, 0.4) is 0 Å². The molecule has 14 heavy (non-hydrogen) atoms. The number of rotatable bonds is 3. The molecule has 4 saturated carbocycles. The number of hydrogen-bond acceptors (Lipinski definition) is 2. The van der Waals surface area contributed by atoms with Crippen molar-refractivity contribution in [1.82, 2.24) is 5.32 Å². The van der Waals surface area contributed by atoms with Gasteiger partial charge in [0.05, 0.1) is 0 Å². The van der Waals surface area contributed by atoms with Crippen LogP contribution in [0.15, 0.2) is 0 Å². The minimum atomic E-state index is 0.553. The molecule has 1 nitrogen and oxygen atoms in total. The fourth-order valence-electron chi connectivity index (χ4n) is 4.65. The Morgan fingerprint density at radius 3 is 1.93 bits per heavy atom. The summed E-state index contributed by atoms with van der Waals surface area (Å²) in [6, 6.07) is 0. The highest BCUT2D eigenvalue weighted by Gasteiger charge is 2.50. The van der Waals surface area contributed by atoms with Crippen molar-refractivity contribution in [2.75, 3.05) is 12.3 Å². The van der Waals surface area contributed by atoms with E-state index in [1.807, 2.05) is 0 Å². The summed E-state index contributed by atoms with van der Waals surface area (Å²) < 4.78 is 0. The van der Waals surface area contributed by atoms with Gasteiger partial charge in [0.25, 0.3) is 0 Å². The Balaban J connectivity index is 1.74. The lowest BCUT2D eigenvalue weighted by atomic mass is 9.53. The molecule has 4 aliphatic rings. The molecule has 1 N–H and O–H groups in total. The molecular weight excluding hydrogens is 190 g/mol. The van der Waals surface area contributed by atoms with Crippen molar-refractivity contribution < 1.29 is 0 Å². The molecule has 0 radical (unpaired) electrons. The molecule has 2 heteroatoms. The van der Waals surface area contributed by atoms with E-state index in [-0.39, 0.29) is 0 Å². The standard InChI is InChI=1S/C12H21NS/c14-2-1-13-12-6-9-3-10(7-12)5-11(4-9)8-12/h9-11,13-14H,1-8H2. The molecular formula is C12H21NS. The van der Waals surface area contributed by atoms with Gasteiger partial charge in [-0.3, -0.25) is 0 Å². The molecule has 4 bridgehead atoms. The van der Waals surface area contributed by atoms with Crippen LogP contribution in [0.5, 0.6) is 0 Å². The Labute approximate surface area is 92.4 Å². The van der Waals surface area contributed by atoms with E-state index in [1.165, 1.54) is 19.3 Å². The molecule has 0 amide bonds. The molecule has 0 aromatic rings. The van der Waals surface area contributed by atoms with Gasteiger partial charge in [0.15, 0.2) is 0 Å². The third-order valence-corrected chi connectivity index (χ3v) is 4.87. The van der Waals surface area contributed by atoms with Crippen LogP contribution in [0.2, 0.25) is 0 Å². The SMILES string of the molecule is SCCNC12CC3CC(CC(C3)C1)C2. The van der Waals surface area contributed by atoms with Gasteiger partial charge in [-0.1, -0.05) is 0 Å². The Morgan fingerprint density at radius 2 is 1.50 bits per heavy atom. The van der Waals surface area contributed by atoms with Gasteiger partial charge in [-0.15, -0.1) is 0 Å². The third kappa shape index (κ3) is 1.51. The number of nitrogens with one attached hydrogen (secondary N) is 1. The van der Waals surface area contributed by atoms with Gasteiger partial charge < -0.3 is 5.32 Å². The van der Waals surface area contributed by atoms with Gasteiger partial charge in [-0.25, -0.2) is 0 Å². The van der Waals surface area contributed by atoms with Crippen LogP contribution in [0, 0.1) is 17.8 Å². The van der Waals surface area contributed by atoms with Crippen LogP contribution < -0.4 is 5.32 Å². The van der Waals surface area contributed by atoms with Gasteiger partial charge in [-0.05, 0) is 56.3 Å². The Kier molecular flexibility index (Phi) is 2.32. The van der Waals surface area contributed by atoms with Crippen LogP contribution in [-0.2, 0) is 0 Å². The molecule has 4 fully saturated rings. The highest BCUT2D eigenvalue weighted by molar-refractivity contribution is 7.80. The van der Waals surface area contributed by atoms with E-state index in [4.69, 9.17) is 0 Å². The minimum Gasteiger partial charge on any atom is -0.310 e. The van der Waals surface area contributed by atoms with Gasteiger partial charge in [0.1, 0.15) is 0 Å². The zero-order valence-electron chi connectivity index (χ0n) is 8.84. The molecule has 0 heterocycles. The van der Waals surface area contributed by atoms with E-state index in [0.717, 1.165) is 30.1 Å². The van der Waals surface area contributed by atoms with Gasteiger partial charge >= 0.3 is 0 Å². The highest BCUT2D eigenvalue weighted by Crippen LogP contribution is 2.55. The topological polar surface area (TPSA) is 12.0 Å². The van der Waals surface area contributed by atoms with Crippen LogP contribution in [-0.4, -0.2) is 17.8 Å². The Morgan fingerprint density at radius 1 is 1.00 bits per heavy atom. The molecule has 80 valence electrons. The van der Waals surface area contributed by atoms with E-state index >= 15 is 0 Å². The van der Waals surface area contributed by atoms with Crippen molar-refractivity contribution in [2.45, 2.75) is 44.1 Å². The lowest BCUT2D eigenvalue weighted by Gasteiger charge is -2.57. The largest absolute Gasteiger partial charge is 0.310 e. The molecule has 0 unspecified atom stereocenters. The quantitative estimate of drug-likeness (QED) is 0.683. The molecule has 0 saturated heterocycles. The summed E-state index contributed by atoms with van der Waals surface area (Å²) in [6.07, 6.45) is 9.03. The maximum Gasteiger partial charge on any atom is 0.0189 e. The summed E-state index contributed by atoms with van der Waals surface area (Å²) in [7, 11) is 0. The Hall–Kier alpha value is 0.310. The zero-order valence-corrected chi connectivity index (χ0v) is 9.73. The smallest absolute Gasteiger partial charge is 0.0189 e. The normalized spacial score (nSPS) is 49.9. The molecule has 0 aromatic heterocycles. The van der Waals surface area contributed by atoms with E-state index in [0.29, 0.717) is 5.54 Å².